The van der Waals surface area contributed by atoms with Crippen LogP contribution in [0.3, 0.4) is 0 Å². The number of esters is 1. The number of piperidine rings is 1. The molecule has 0 radical (unpaired) electrons. The number of aryl methyl sites for hydroxylation is 1. The van der Waals surface area contributed by atoms with Crippen molar-refractivity contribution in [3.63, 3.8) is 0 Å². The monoisotopic (exact) mass is 558 g/mol. The third-order valence-electron chi connectivity index (χ3n) is 7.88. The normalized spacial score (nSPS) is 18.5. The van der Waals surface area contributed by atoms with Gasteiger partial charge in [-0.25, -0.2) is 14.5 Å². The van der Waals surface area contributed by atoms with Crippen LogP contribution in [0, 0.1) is 6.92 Å². The Balaban J connectivity index is 1.47. The molecular formula is C30H34N6O5. The second-order valence-corrected chi connectivity index (χ2v) is 10.7. The third-order valence-corrected chi connectivity index (χ3v) is 7.88. The molecule has 3 aliphatic heterocycles. The highest BCUT2D eigenvalue weighted by atomic mass is 16.5. The summed E-state index contributed by atoms with van der Waals surface area (Å²) in [7, 11) is 1.26. The number of nitrogens with zero attached hydrogens (tertiary/aromatic N) is 6. The van der Waals surface area contributed by atoms with Crippen molar-refractivity contribution in [1.82, 2.24) is 24.4 Å². The lowest BCUT2D eigenvalue weighted by atomic mass is 9.92. The van der Waals surface area contributed by atoms with Crippen LogP contribution < -0.4 is 9.64 Å². The van der Waals surface area contributed by atoms with E-state index >= 15 is 0 Å². The van der Waals surface area contributed by atoms with Crippen LogP contribution in [0.4, 0.5) is 5.82 Å². The van der Waals surface area contributed by atoms with Crippen molar-refractivity contribution in [2.45, 2.75) is 44.8 Å². The van der Waals surface area contributed by atoms with E-state index in [1.807, 2.05) is 48.8 Å². The summed E-state index contributed by atoms with van der Waals surface area (Å²) in [5.41, 5.74) is 3.23. The number of fused-ring (bicyclic) bond motifs is 6. The Bertz CT molecular complexity index is 1600. The van der Waals surface area contributed by atoms with Gasteiger partial charge in [0.2, 0.25) is 0 Å². The lowest BCUT2D eigenvalue weighted by Gasteiger charge is -2.40. The largest absolute Gasteiger partial charge is 0.489 e. The number of hydrogen-bond acceptors (Lipinski definition) is 9. The van der Waals surface area contributed by atoms with Crippen LogP contribution in [-0.2, 0) is 20.7 Å². The van der Waals surface area contributed by atoms with E-state index in [1.165, 1.54) is 7.11 Å². The average molecular weight is 559 g/mol. The first kappa shape index (κ1) is 27.0. The van der Waals surface area contributed by atoms with Crippen LogP contribution in [0.1, 0.15) is 48.3 Å². The van der Waals surface area contributed by atoms with Gasteiger partial charge in [0, 0.05) is 37.5 Å². The number of para-hydroxylation sites is 1. The molecule has 1 fully saturated rings. The zero-order valence-corrected chi connectivity index (χ0v) is 23.5. The highest BCUT2D eigenvalue weighted by Gasteiger charge is 2.35. The Morgan fingerprint density at radius 1 is 1.17 bits per heavy atom. The van der Waals surface area contributed by atoms with E-state index in [-0.39, 0.29) is 5.60 Å². The molecule has 214 valence electrons. The molecule has 1 atom stereocenters. The predicted molar refractivity (Wildman–Crippen MR) is 152 cm³/mol. The van der Waals surface area contributed by atoms with Crippen LogP contribution in [0.2, 0.25) is 0 Å². The molecular weight excluding hydrogens is 524 g/mol. The van der Waals surface area contributed by atoms with Gasteiger partial charge in [0.25, 0.3) is 0 Å². The van der Waals surface area contributed by atoms with Gasteiger partial charge in [-0.2, -0.15) is 9.61 Å². The first-order chi connectivity index (χ1) is 19.8. The van der Waals surface area contributed by atoms with Crippen LogP contribution in [0.25, 0.3) is 11.5 Å². The lowest BCUT2D eigenvalue weighted by molar-refractivity contribution is -0.150. The molecule has 6 heterocycles. The number of hydrogen-bond donors (Lipinski definition) is 1. The molecule has 4 aromatic rings. The molecule has 3 aromatic heterocycles. The fraction of sp³-hybridized carbons (Fsp3) is 0.400. The van der Waals surface area contributed by atoms with Crippen molar-refractivity contribution in [1.29, 1.82) is 0 Å². The smallest absolute Gasteiger partial charge is 0.339 e. The molecule has 1 N–H and O–H groups in total. The third kappa shape index (κ3) is 5.30. The van der Waals surface area contributed by atoms with Crippen LogP contribution >= 0.6 is 0 Å². The summed E-state index contributed by atoms with van der Waals surface area (Å²) >= 11 is 0. The van der Waals surface area contributed by atoms with Crippen molar-refractivity contribution >= 4 is 17.4 Å². The van der Waals surface area contributed by atoms with Crippen LogP contribution in [0.15, 0.2) is 54.9 Å². The van der Waals surface area contributed by atoms with Gasteiger partial charge in [-0.15, -0.1) is 5.10 Å². The molecule has 0 amide bonds. The number of aliphatic hydroxyl groups is 1. The molecule has 1 saturated heterocycles. The van der Waals surface area contributed by atoms with Gasteiger partial charge in [0.15, 0.2) is 17.6 Å². The number of anilines is 1. The van der Waals surface area contributed by atoms with Gasteiger partial charge >= 0.3 is 5.97 Å². The van der Waals surface area contributed by atoms with E-state index in [2.05, 4.69) is 23.0 Å². The summed E-state index contributed by atoms with van der Waals surface area (Å²) in [6.45, 7) is 6.11. The molecule has 1 aromatic carbocycles. The maximum atomic E-state index is 12.5. The van der Waals surface area contributed by atoms with Crippen molar-refractivity contribution in [3.8, 4) is 11.6 Å². The Hall–Kier alpha value is -4.22. The highest BCUT2D eigenvalue weighted by Crippen LogP contribution is 2.35. The summed E-state index contributed by atoms with van der Waals surface area (Å²) in [4.78, 5) is 19.3. The molecule has 11 heteroatoms. The maximum Gasteiger partial charge on any atom is 0.339 e. The molecule has 0 aliphatic carbocycles. The SMILES string of the molecule is COC(=O)[C@@H](O)c1c(C)nc2cc3nn2c1N1CCC(C)(CC1)OC/C=C/COc1ccccc1Cc1cnn-3c1. The summed E-state index contributed by atoms with van der Waals surface area (Å²) in [6, 6.07) is 9.84. The fourth-order valence-electron chi connectivity index (χ4n) is 5.51. The minimum absolute atomic E-state index is 0.321. The van der Waals surface area contributed by atoms with Crippen molar-refractivity contribution in [2.75, 3.05) is 38.3 Å². The number of aliphatic hydroxyl groups excluding tert-OH is 1. The molecule has 0 spiro atoms. The highest BCUT2D eigenvalue weighted by molar-refractivity contribution is 5.79. The number of ether oxygens (including phenoxy) is 3. The van der Waals surface area contributed by atoms with E-state index < -0.39 is 12.1 Å². The molecule has 7 rings (SSSR count). The topological polar surface area (TPSA) is 116 Å². The number of aromatic nitrogens is 5. The fourth-order valence-corrected chi connectivity index (χ4v) is 5.51. The standard InChI is InChI=1S/C30H34N6O5/c1-20-26(27(37)29(38)39-3)28-34-12-10-30(2,11-13-34)41-15-7-6-14-40-23-9-5-4-8-22(23)16-21-18-31-35(19-21)25-17-24(32-20)36(28)33-25/h4-9,17-19,27,37H,10-16H2,1-3H3/b7-6+/t27-/m0/s1. The molecule has 11 nitrogen and oxygen atoms in total. The van der Waals surface area contributed by atoms with Crippen molar-refractivity contribution in [3.05, 3.63) is 77.3 Å². The van der Waals surface area contributed by atoms with Crippen LogP contribution in [0.5, 0.6) is 5.75 Å². The summed E-state index contributed by atoms with van der Waals surface area (Å²) in [5, 5.41) is 20.5. The van der Waals surface area contributed by atoms with Crippen molar-refractivity contribution in [2.24, 2.45) is 0 Å². The van der Waals surface area contributed by atoms with E-state index in [9.17, 15) is 9.90 Å². The Morgan fingerprint density at radius 2 is 1.95 bits per heavy atom. The minimum atomic E-state index is -1.50. The number of carbonyl (C=O) groups is 1. The summed E-state index contributed by atoms with van der Waals surface area (Å²) < 4.78 is 20.7. The second-order valence-electron chi connectivity index (χ2n) is 10.7. The van der Waals surface area contributed by atoms with Gasteiger partial charge in [0.1, 0.15) is 18.2 Å². The van der Waals surface area contributed by atoms with Gasteiger partial charge in [-0.1, -0.05) is 24.3 Å². The Kier molecular flexibility index (Phi) is 7.22. The summed E-state index contributed by atoms with van der Waals surface area (Å²) in [6.07, 6.45) is 8.37. The quantitative estimate of drug-likeness (QED) is 0.292. The predicted octanol–water partition coefficient (Wildman–Crippen LogP) is 3.34. The number of methoxy groups -OCH3 is 1. The van der Waals surface area contributed by atoms with Crippen LogP contribution in [-0.4, -0.2) is 74.5 Å². The van der Waals surface area contributed by atoms with Gasteiger partial charge < -0.3 is 24.2 Å². The zero-order valence-electron chi connectivity index (χ0n) is 23.5. The van der Waals surface area contributed by atoms with Gasteiger partial charge in [-0.05, 0) is 50.0 Å². The zero-order chi connectivity index (χ0) is 28.6. The molecule has 3 aliphatic rings. The number of rotatable bonds is 2. The minimum Gasteiger partial charge on any atom is -0.489 e. The molecule has 0 unspecified atom stereocenters. The average Bonchev–Trinajstić information content (AvgIpc) is 3.61. The van der Waals surface area contributed by atoms with Gasteiger partial charge in [0.05, 0.1) is 31.1 Å². The maximum absolute atomic E-state index is 12.5. The molecule has 41 heavy (non-hydrogen) atoms. The lowest BCUT2D eigenvalue weighted by Crippen LogP contribution is -2.45. The summed E-state index contributed by atoms with van der Waals surface area (Å²) in [5.74, 6) is 1.27. The second kappa shape index (κ2) is 11.0. The van der Waals surface area contributed by atoms with Gasteiger partial charge in [-0.3, -0.25) is 0 Å². The van der Waals surface area contributed by atoms with E-state index in [4.69, 9.17) is 24.3 Å². The van der Waals surface area contributed by atoms with E-state index in [0.717, 1.165) is 29.7 Å². The Morgan fingerprint density at radius 3 is 2.76 bits per heavy atom. The van der Waals surface area contributed by atoms with Crippen molar-refractivity contribution < 1.29 is 24.1 Å². The first-order valence-corrected chi connectivity index (χ1v) is 13.8. The number of benzene rings is 1. The molecule has 6 bridgehead atoms. The molecule has 0 saturated carbocycles. The van der Waals surface area contributed by atoms with E-state index in [0.29, 0.717) is 61.3 Å². The number of carbonyl (C=O) groups excluding carboxylic acids is 1. The first-order valence-electron chi connectivity index (χ1n) is 13.8. The Labute approximate surface area is 238 Å². The van der Waals surface area contributed by atoms with E-state index in [1.54, 1.807) is 16.1 Å².